The van der Waals surface area contributed by atoms with Crippen molar-refractivity contribution in [2.45, 2.75) is 114 Å². The summed E-state index contributed by atoms with van der Waals surface area (Å²) in [4.78, 5) is 14.1. The lowest BCUT2D eigenvalue weighted by Crippen LogP contribution is -2.24. The number of ketones is 1. The first-order valence-electron chi connectivity index (χ1n) is 21.2. The van der Waals surface area contributed by atoms with Crippen LogP contribution < -0.4 is 28.4 Å². The molecule has 332 valence electrons. The van der Waals surface area contributed by atoms with Gasteiger partial charge in [0, 0.05) is 23.6 Å². The van der Waals surface area contributed by atoms with Crippen LogP contribution in [0.1, 0.15) is 125 Å². The van der Waals surface area contributed by atoms with Crippen molar-refractivity contribution in [1.29, 1.82) is 0 Å². The number of benzene rings is 2. The number of methoxy groups -OCH3 is 6. The molecule has 0 radical (unpaired) electrons. The van der Waals surface area contributed by atoms with Crippen LogP contribution in [0.2, 0.25) is 0 Å². The van der Waals surface area contributed by atoms with Gasteiger partial charge >= 0.3 is 0 Å². The van der Waals surface area contributed by atoms with Gasteiger partial charge in [0.2, 0.25) is 11.5 Å². The van der Waals surface area contributed by atoms with Crippen LogP contribution in [0.4, 0.5) is 0 Å². The third-order valence-corrected chi connectivity index (χ3v) is 8.64. The standard InChI is InChI=1S/C18H22O4.C15H16O3.C9H21N.C7H16.C2H6/c1-6-13(2)15(19)10-8-7-9-14-11-16(20-3)18(22-5)17(12-14)21-4;1-5-6-7-8-9-12-10-13(16-2)15(18-4)14(11-12)17-3;1-5-7-10(4)8-9(3)6-2;1-3-5-7-6-4-2;1-2/h8,10-13H,6H2,1-5H3;5-7,10-11H,1H2,2-4H3;9H,5-8H2,1-4H3;3-7H2,1-2H3;1-2H3/b10-8+;7-6+;;;. The molecule has 2 atom stereocenters. The Kier molecular flexibility index (Phi) is 39.7. The molecule has 0 aliphatic heterocycles. The molecular weight excluding hydrogens is 739 g/mol. The van der Waals surface area contributed by atoms with Gasteiger partial charge in [-0.3, -0.25) is 4.79 Å². The molecule has 8 nitrogen and oxygen atoms in total. The molecule has 0 aliphatic carbocycles. The van der Waals surface area contributed by atoms with Crippen LogP contribution in [0, 0.1) is 35.5 Å². The van der Waals surface area contributed by atoms with E-state index in [0.29, 0.717) is 34.5 Å². The van der Waals surface area contributed by atoms with Gasteiger partial charge in [0.25, 0.3) is 0 Å². The number of nitrogens with zero attached hydrogens (tertiary/aromatic N) is 1. The highest BCUT2D eigenvalue weighted by atomic mass is 16.5. The first-order valence-corrected chi connectivity index (χ1v) is 21.2. The van der Waals surface area contributed by atoms with Crippen LogP contribution in [-0.2, 0) is 4.79 Å². The fraction of sp³-hybridized carbons (Fsp3) is 0.549. The van der Waals surface area contributed by atoms with Crippen LogP contribution in [0.5, 0.6) is 34.5 Å². The number of carbonyl (C=O) groups excluding carboxylic acids is 1. The number of allylic oxidation sites excluding steroid dienone is 5. The highest BCUT2D eigenvalue weighted by molar-refractivity contribution is 5.91. The van der Waals surface area contributed by atoms with Crippen LogP contribution in [0.15, 0.2) is 61.2 Å². The van der Waals surface area contributed by atoms with E-state index >= 15 is 0 Å². The second-order valence-corrected chi connectivity index (χ2v) is 13.3. The van der Waals surface area contributed by atoms with E-state index in [1.54, 1.807) is 91.2 Å². The molecule has 0 heterocycles. The van der Waals surface area contributed by atoms with E-state index in [0.717, 1.165) is 23.5 Å². The fourth-order valence-electron chi connectivity index (χ4n) is 4.97. The zero-order chi connectivity index (χ0) is 45.4. The van der Waals surface area contributed by atoms with E-state index < -0.39 is 0 Å². The van der Waals surface area contributed by atoms with Crippen molar-refractivity contribution in [3.63, 3.8) is 0 Å². The highest BCUT2D eigenvalue weighted by Gasteiger charge is 2.13. The molecule has 2 rings (SSSR count). The fourth-order valence-corrected chi connectivity index (χ4v) is 4.97. The maximum absolute atomic E-state index is 11.7. The van der Waals surface area contributed by atoms with E-state index in [9.17, 15) is 4.79 Å². The smallest absolute Gasteiger partial charge is 0.203 e. The largest absolute Gasteiger partial charge is 0.493 e. The molecule has 0 N–H and O–H groups in total. The molecule has 59 heavy (non-hydrogen) atoms. The molecule has 0 aromatic heterocycles. The summed E-state index contributed by atoms with van der Waals surface area (Å²) < 4.78 is 31.5. The van der Waals surface area contributed by atoms with E-state index in [1.165, 1.54) is 64.1 Å². The summed E-state index contributed by atoms with van der Waals surface area (Å²) in [5.41, 5.74) is 1.51. The summed E-state index contributed by atoms with van der Waals surface area (Å²) in [6.07, 6.45) is 18.6. The Balaban J connectivity index is -0.000000756. The Morgan fingerprint density at radius 2 is 1.08 bits per heavy atom. The first kappa shape index (κ1) is 58.5. The van der Waals surface area contributed by atoms with Crippen LogP contribution in [0.25, 0.3) is 0 Å². The molecule has 0 saturated carbocycles. The Morgan fingerprint density at radius 3 is 1.41 bits per heavy atom. The Labute approximate surface area is 361 Å². The lowest BCUT2D eigenvalue weighted by molar-refractivity contribution is -0.117. The third kappa shape index (κ3) is 27.5. The molecule has 0 spiro atoms. The van der Waals surface area contributed by atoms with Crippen molar-refractivity contribution in [2.24, 2.45) is 11.8 Å². The summed E-state index contributed by atoms with van der Waals surface area (Å²) in [6, 6.07) is 7.13. The summed E-state index contributed by atoms with van der Waals surface area (Å²) >= 11 is 0. The average Bonchev–Trinajstić information content (AvgIpc) is 3.26. The lowest BCUT2D eigenvalue weighted by atomic mass is 10.0. The SMILES string of the molecule is C=C/C=C/C#Cc1cc(OC)c(OC)c(OC)c1.CC.CCC(C)C(=O)/C=C/C#Cc1cc(OC)c(OC)c(OC)c1.CCCCCCC.CCCN(C)CC(C)CC. The van der Waals surface area contributed by atoms with Crippen molar-refractivity contribution in [2.75, 3.05) is 62.8 Å². The molecule has 0 saturated heterocycles. The van der Waals surface area contributed by atoms with Gasteiger partial charge in [0.05, 0.1) is 42.7 Å². The third-order valence-electron chi connectivity index (χ3n) is 8.64. The number of hydrogen-bond donors (Lipinski definition) is 0. The van der Waals surface area contributed by atoms with Crippen molar-refractivity contribution in [1.82, 2.24) is 4.90 Å². The van der Waals surface area contributed by atoms with Gasteiger partial charge in [-0.25, -0.2) is 0 Å². The minimum Gasteiger partial charge on any atom is -0.493 e. The number of carbonyl (C=O) groups is 1. The van der Waals surface area contributed by atoms with Crippen molar-refractivity contribution >= 4 is 5.78 Å². The Morgan fingerprint density at radius 1 is 0.661 bits per heavy atom. The summed E-state index contributed by atoms with van der Waals surface area (Å²) in [6.45, 7) is 25.2. The van der Waals surface area contributed by atoms with Crippen LogP contribution in [0.3, 0.4) is 0 Å². The number of unbranched alkanes of at least 4 members (excludes halogenated alkanes) is 4. The summed E-state index contributed by atoms with van der Waals surface area (Å²) in [7, 11) is 11.6. The second kappa shape index (κ2) is 40.0. The van der Waals surface area contributed by atoms with E-state index in [4.69, 9.17) is 28.4 Å². The van der Waals surface area contributed by atoms with Gasteiger partial charge in [-0.2, -0.15) is 0 Å². The quantitative estimate of drug-likeness (QED) is 0.0600. The molecule has 2 unspecified atom stereocenters. The second-order valence-electron chi connectivity index (χ2n) is 13.3. The van der Waals surface area contributed by atoms with Crippen molar-refractivity contribution in [3.05, 3.63) is 72.4 Å². The van der Waals surface area contributed by atoms with Gasteiger partial charge in [-0.15, -0.1) is 0 Å². The van der Waals surface area contributed by atoms with Gasteiger partial charge < -0.3 is 33.3 Å². The monoisotopic (exact) mass is 820 g/mol. The number of ether oxygens (including phenoxy) is 6. The number of rotatable bonds is 19. The normalized spacial score (nSPS) is 10.8. The van der Waals surface area contributed by atoms with Crippen LogP contribution >= 0.6 is 0 Å². The first-order chi connectivity index (χ1) is 28.4. The van der Waals surface area contributed by atoms with Crippen molar-refractivity contribution < 1.29 is 33.2 Å². The Hall–Kier alpha value is -4.79. The zero-order valence-corrected chi connectivity index (χ0v) is 39.9. The maximum Gasteiger partial charge on any atom is 0.203 e. The lowest BCUT2D eigenvalue weighted by Gasteiger charge is -2.19. The molecule has 8 heteroatoms. The summed E-state index contributed by atoms with van der Waals surface area (Å²) in [5, 5.41) is 0. The predicted molar refractivity (Wildman–Crippen MR) is 252 cm³/mol. The molecule has 0 fully saturated rings. The van der Waals surface area contributed by atoms with Gasteiger partial charge in [0.1, 0.15) is 0 Å². The van der Waals surface area contributed by atoms with E-state index in [-0.39, 0.29) is 11.7 Å². The zero-order valence-electron chi connectivity index (χ0n) is 39.9. The van der Waals surface area contributed by atoms with E-state index in [2.05, 4.69) is 76.8 Å². The van der Waals surface area contributed by atoms with Gasteiger partial charge in [-0.1, -0.05) is 143 Å². The molecule has 0 amide bonds. The number of hydrogen-bond acceptors (Lipinski definition) is 8. The van der Waals surface area contributed by atoms with Crippen LogP contribution in [-0.4, -0.2) is 73.5 Å². The average molecular weight is 820 g/mol. The Bertz CT molecular complexity index is 1520. The predicted octanol–water partition coefficient (Wildman–Crippen LogP) is 12.4. The highest BCUT2D eigenvalue weighted by Crippen LogP contribution is 2.38. The molecule has 2 aromatic rings. The molecule has 0 aliphatic rings. The minimum atomic E-state index is 0.0271. The van der Waals surface area contributed by atoms with Crippen molar-refractivity contribution in [3.8, 4) is 58.2 Å². The molecule has 2 aromatic carbocycles. The molecular formula is C51H81NO7. The van der Waals surface area contributed by atoms with Gasteiger partial charge in [-0.05, 0) is 74.8 Å². The molecule has 0 bridgehead atoms. The minimum absolute atomic E-state index is 0.0271. The van der Waals surface area contributed by atoms with Gasteiger partial charge in [0.15, 0.2) is 28.8 Å². The summed E-state index contributed by atoms with van der Waals surface area (Å²) in [5.74, 6) is 16.0. The topological polar surface area (TPSA) is 75.7 Å². The maximum atomic E-state index is 11.7. The van der Waals surface area contributed by atoms with E-state index in [1.807, 2.05) is 27.7 Å².